The van der Waals surface area contributed by atoms with E-state index in [0.29, 0.717) is 23.2 Å². The molecule has 1 aliphatic heterocycles. The molecule has 0 unspecified atom stereocenters. The maximum atomic E-state index is 12.7. The molecule has 1 fully saturated rings. The van der Waals surface area contributed by atoms with Crippen LogP contribution in [0.4, 0.5) is 0 Å². The summed E-state index contributed by atoms with van der Waals surface area (Å²) in [5.41, 5.74) is 0.615. The number of nitrogens with zero attached hydrogens (tertiary/aromatic N) is 3. The van der Waals surface area contributed by atoms with Crippen molar-refractivity contribution in [2.75, 3.05) is 13.1 Å². The maximum Gasteiger partial charge on any atom is 0.256 e. The van der Waals surface area contributed by atoms with E-state index in [1.54, 1.807) is 23.9 Å². The van der Waals surface area contributed by atoms with Crippen LogP contribution in [0.2, 0.25) is 0 Å². The second kappa shape index (κ2) is 6.54. The van der Waals surface area contributed by atoms with Crippen LogP contribution in [0.25, 0.3) is 5.88 Å². The van der Waals surface area contributed by atoms with Gasteiger partial charge in [0.25, 0.3) is 5.91 Å². The minimum Gasteiger partial charge on any atom is -0.443 e. The number of carbonyl (C=O) groups is 1. The van der Waals surface area contributed by atoms with Gasteiger partial charge >= 0.3 is 0 Å². The van der Waals surface area contributed by atoms with E-state index >= 15 is 0 Å². The topological polar surface area (TPSA) is 74.2 Å². The fraction of sp³-hybridized carbons (Fsp3) is 0.444. The third-order valence-corrected chi connectivity index (χ3v) is 4.53. The van der Waals surface area contributed by atoms with Gasteiger partial charge in [0.1, 0.15) is 23.0 Å². The van der Waals surface area contributed by atoms with Gasteiger partial charge in [0.15, 0.2) is 0 Å². The monoisotopic (exact) mass is 326 g/mol. The number of nitrogens with one attached hydrogen (secondary N) is 1. The molecule has 0 saturated carbocycles. The van der Waals surface area contributed by atoms with Crippen LogP contribution >= 0.6 is 0 Å². The molecule has 1 aliphatic rings. The fourth-order valence-corrected chi connectivity index (χ4v) is 3.19. The van der Waals surface area contributed by atoms with Gasteiger partial charge in [0.05, 0.1) is 0 Å². The maximum absolute atomic E-state index is 12.7. The van der Waals surface area contributed by atoms with Crippen LogP contribution in [0.3, 0.4) is 0 Å². The summed E-state index contributed by atoms with van der Waals surface area (Å²) in [5, 5.41) is 12.6. The lowest BCUT2D eigenvalue weighted by Crippen LogP contribution is -2.38. The van der Waals surface area contributed by atoms with E-state index in [-0.39, 0.29) is 17.5 Å². The molecule has 1 atom stereocenters. The second-order valence-corrected chi connectivity index (χ2v) is 6.46. The van der Waals surface area contributed by atoms with Crippen molar-refractivity contribution < 1.29 is 9.21 Å². The van der Waals surface area contributed by atoms with Crippen molar-refractivity contribution in [3.8, 4) is 12.0 Å². The number of carbonyl (C=O) groups excluding carboxylic acids is 1. The van der Waals surface area contributed by atoms with E-state index in [4.69, 9.17) is 4.42 Å². The van der Waals surface area contributed by atoms with Crippen molar-refractivity contribution in [1.82, 2.24) is 14.8 Å². The number of furan rings is 1. The van der Waals surface area contributed by atoms with Gasteiger partial charge < -0.3 is 9.73 Å². The molecule has 0 spiro atoms. The molecular weight excluding hydrogens is 304 g/mol. The van der Waals surface area contributed by atoms with E-state index < -0.39 is 0 Å². The van der Waals surface area contributed by atoms with E-state index in [9.17, 15) is 10.1 Å². The van der Waals surface area contributed by atoms with Crippen molar-refractivity contribution in [2.24, 2.45) is 0 Å². The van der Waals surface area contributed by atoms with Crippen LogP contribution in [0.15, 0.2) is 28.9 Å². The van der Waals surface area contributed by atoms with Gasteiger partial charge in [-0.1, -0.05) is 0 Å². The lowest BCUT2D eigenvalue weighted by atomic mass is 10.1. The summed E-state index contributed by atoms with van der Waals surface area (Å²) in [6.07, 6.45) is 4.50. The normalized spacial score (nSPS) is 18.0. The summed E-state index contributed by atoms with van der Waals surface area (Å²) in [6, 6.07) is 6.39. The smallest absolute Gasteiger partial charge is 0.256 e. The molecule has 0 bridgehead atoms. The zero-order valence-corrected chi connectivity index (χ0v) is 14.2. The second-order valence-electron chi connectivity index (χ2n) is 6.46. The number of rotatable bonds is 4. The molecule has 1 amide bonds. The molecule has 3 heterocycles. The Bertz CT molecular complexity index is 768. The average molecular weight is 326 g/mol. The van der Waals surface area contributed by atoms with Crippen molar-refractivity contribution in [2.45, 2.75) is 39.3 Å². The number of likely N-dealkylation sites (tertiary alicyclic amines) is 1. The van der Waals surface area contributed by atoms with Crippen molar-refractivity contribution in [3.05, 3.63) is 41.4 Å². The minimum atomic E-state index is -0.234. The molecular formula is C18H22N4O2. The summed E-state index contributed by atoms with van der Waals surface area (Å²) < 4.78 is 7.40. The Labute approximate surface area is 141 Å². The molecule has 6 heteroatoms. The van der Waals surface area contributed by atoms with Gasteiger partial charge in [0.2, 0.25) is 5.88 Å². The summed E-state index contributed by atoms with van der Waals surface area (Å²) in [6.45, 7) is 7.85. The van der Waals surface area contributed by atoms with Crippen molar-refractivity contribution in [1.29, 1.82) is 5.26 Å². The van der Waals surface area contributed by atoms with Gasteiger partial charge in [-0.05, 0) is 39.3 Å². The zero-order chi connectivity index (χ0) is 17.3. The first-order chi connectivity index (χ1) is 11.5. The van der Waals surface area contributed by atoms with Gasteiger partial charge in [-0.25, -0.2) is 0 Å². The lowest BCUT2D eigenvalue weighted by Gasteiger charge is -2.20. The Morgan fingerprint density at radius 1 is 1.42 bits per heavy atom. The van der Waals surface area contributed by atoms with Gasteiger partial charge in [-0.2, -0.15) is 5.26 Å². The highest BCUT2D eigenvalue weighted by molar-refractivity contribution is 5.98. The van der Waals surface area contributed by atoms with E-state index in [0.717, 1.165) is 19.5 Å². The molecule has 2 aromatic rings. The van der Waals surface area contributed by atoms with Crippen LogP contribution in [-0.4, -0.2) is 40.5 Å². The number of aryl methyl sites for hydroxylation is 1. The van der Waals surface area contributed by atoms with E-state index in [2.05, 4.69) is 30.1 Å². The zero-order valence-electron chi connectivity index (χ0n) is 14.2. The minimum absolute atomic E-state index is 0.107. The molecule has 3 rings (SSSR count). The Morgan fingerprint density at radius 2 is 2.12 bits per heavy atom. The van der Waals surface area contributed by atoms with Crippen LogP contribution in [0, 0.1) is 18.3 Å². The van der Waals surface area contributed by atoms with Crippen LogP contribution in [-0.2, 0) is 0 Å². The highest BCUT2D eigenvalue weighted by Gasteiger charge is 2.29. The molecule has 0 aliphatic carbocycles. The van der Waals surface area contributed by atoms with Gasteiger partial charge in [0, 0.05) is 37.6 Å². The summed E-state index contributed by atoms with van der Waals surface area (Å²) in [5.74, 6) is 0.619. The Kier molecular flexibility index (Phi) is 4.45. The summed E-state index contributed by atoms with van der Waals surface area (Å²) in [4.78, 5) is 15.0. The van der Waals surface area contributed by atoms with Crippen LogP contribution in [0.1, 0.15) is 41.9 Å². The predicted molar refractivity (Wildman–Crippen MR) is 90.1 cm³/mol. The predicted octanol–water partition coefficient (Wildman–Crippen LogP) is 2.46. The van der Waals surface area contributed by atoms with Crippen LogP contribution in [0.5, 0.6) is 0 Å². The number of nitriles is 1. The average Bonchev–Trinajstić information content (AvgIpc) is 3.25. The third-order valence-electron chi connectivity index (χ3n) is 4.53. The third kappa shape index (κ3) is 2.95. The molecule has 6 nitrogen and oxygen atoms in total. The first kappa shape index (κ1) is 16.3. The van der Waals surface area contributed by atoms with Gasteiger partial charge in [-0.15, -0.1) is 0 Å². The molecule has 0 radical (unpaired) electrons. The molecule has 1 saturated heterocycles. The van der Waals surface area contributed by atoms with Gasteiger partial charge in [-0.3, -0.25) is 14.3 Å². The number of hydrogen-bond acceptors (Lipinski definition) is 4. The fourth-order valence-electron chi connectivity index (χ4n) is 3.19. The molecule has 0 aromatic carbocycles. The largest absolute Gasteiger partial charge is 0.443 e. The molecule has 126 valence electrons. The first-order valence-corrected chi connectivity index (χ1v) is 8.23. The summed E-state index contributed by atoms with van der Waals surface area (Å²) >= 11 is 0. The number of aromatic nitrogens is 1. The van der Waals surface area contributed by atoms with E-state index in [1.807, 2.05) is 12.1 Å². The van der Waals surface area contributed by atoms with Crippen molar-refractivity contribution in [3.63, 3.8) is 0 Å². The van der Waals surface area contributed by atoms with E-state index in [1.165, 1.54) is 0 Å². The quantitative estimate of drug-likeness (QED) is 0.936. The van der Waals surface area contributed by atoms with Crippen LogP contribution < -0.4 is 5.32 Å². The Morgan fingerprint density at radius 3 is 2.71 bits per heavy atom. The number of hydrogen-bond donors (Lipinski definition) is 1. The molecule has 1 N–H and O–H groups in total. The van der Waals surface area contributed by atoms with Crippen molar-refractivity contribution >= 4 is 5.91 Å². The number of amides is 1. The standard InChI is InChI=1S/C18H22N4O2/c1-12(2)22-9-6-14(11-22)20-17(23)16-13(3)24-18(15(16)10-19)21-7-4-5-8-21/h4-5,7-8,12,14H,6,9,11H2,1-3H3,(H,20,23)/t14-/m0/s1. The summed E-state index contributed by atoms with van der Waals surface area (Å²) in [7, 11) is 0. The highest BCUT2D eigenvalue weighted by Crippen LogP contribution is 2.26. The lowest BCUT2D eigenvalue weighted by molar-refractivity contribution is 0.0935. The molecule has 2 aromatic heterocycles. The first-order valence-electron chi connectivity index (χ1n) is 8.23. The molecule has 24 heavy (non-hydrogen) atoms. The highest BCUT2D eigenvalue weighted by atomic mass is 16.4. The SMILES string of the molecule is Cc1oc(-n2cccc2)c(C#N)c1C(=O)N[C@H]1CCN(C(C)C)C1. The Hall–Kier alpha value is -2.52. The Balaban J connectivity index is 1.82.